The normalized spacial score (nSPS) is 25.7. The number of benzene rings is 1. The average Bonchev–Trinajstić information content (AvgIpc) is 3.17. The molecule has 1 amide bonds. The summed E-state index contributed by atoms with van der Waals surface area (Å²) in [6.07, 6.45) is 1.21. The molecule has 1 aromatic carbocycles. The Morgan fingerprint density at radius 3 is 2.77 bits per heavy atom. The molecule has 26 heavy (non-hydrogen) atoms. The number of nitrogens with zero attached hydrogens (tertiary/aromatic N) is 1. The van der Waals surface area contributed by atoms with Crippen LogP contribution in [0.15, 0.2) is 24.3 Å². The highest BCUT2D eigenvalue weighted by Gasteiger charge is 2.46. The minimum absolute atomic E-state index is 0.0399. The van der Waals surface area contributed by atoms with Crippen molar-refractivity contribution in [2.75, 3.05) is 46.6 Å². The highest BCUT2D eigenvalue weighted by atomic mass is 16.5. The molecule has 1 aliphatic carbocycles. The molecule has 5 nitrogen and oxygen atoms in total. The molecule has 0 bridgehead atoms. The van der Waals surface area contributed by atoms with Crippen molar-refractivity contribution in [1.29, 1.82) is 0 Å². The van der Waals surface area contributed by atoms with E-state index in [-0.39, 0.29) is 18.6 Å². The fourth-order valence-electron chi connectivity index (χ4n) is 4.37. The molecule has 0 unspecified atom stereocenters. The monoisotopic (exact) mass is 360 g/mol. The number of carbonyl (C=O) groups excluding carboxylic acids is 1. The van der Waals surface area contributed by atoms with Gasteiger partial charge >= 0.3 is 0 Å². The number of ether oxygens (including phenoxy) is 2. The van der Waals surface area contributed by atoms with E-state index in [1.54, 1.807) is 7.11 Å². The van der Waals surface area contributed by atoms with Gasteiger partial charge in [-0.05, 0) is 17.0 Å². The summed E-state index contributed by atoms with van der Waals surface area (Å²) in [5.74, 6) is 1.66. The molecule has 2 aliphatic rings. The van der Waals surface area contributed by atoms with Crippen molar-refractivity contribution < 1.29 is 14.3 Å². The molecule has 1 fully saturated rings. The van der Waals surface area contributed by atoms with Crippen LogP contribution in [0, 0.1) is 11.8 Å². The van der Waals surface area contributed by atoms with Gasteiger partial charge in [0, 0.05) is 38.6 Å². The molecule has 1 N–H and O–H groups in total. The number of amides is 1. The first kappa shape index (κ1) is 19.3. The predicted molar refractivity (Wildman–Crippen MR) is 102 cm³/mol. The molecule has 1 heterocycles. The van der Waals surface area contributed by atoms with Crippen LogP contribution in [-0.4, -0.2) is 57.4 Å². The number of hydrogen-bond donors (Lipinski definition) is 1. The van der Waals surface area contributed by atoms with Gasteiger partial charge in [0.05, 0.1) is 19.3 Å². The summed E-state index contributed by atoms with van der Waals surface area (Å²) < 4.78 is 10.3. The third-order valence-corrected chi connectivity index (χ3v) is 5.85. The minimum Gasteiger partial charge on any atom is -0.382 e. The second-order valence-corrected chi connectivity index (χ2v) is 7.72. The maximum atomic E-state index is 12.4. The lowest BCUT2D eigenvalue weighted by atomic mass is 9.94. The van der Waals surface area contributed by atoms with Gasteiger partial charge in [-0.3, -0.25) is 4.79 Å². The van der Waals surface area contributed by atoms with Crippen LogP contribution in [0.1, 0.15) is 43.4 Å². The first-order valence-corrected chi connectivity index (χ1v) is 9.81. The van der Waals surface area contributed by atoms with E-state index in [0.29, 0.717) is 31.0 Å². The van der Waals surface area contributed by atoms with Crippen molar-refractivity contribution in [3.63, 3.8) is 0 Å². The summed E-state index contributed by atoms with van der Waals surface area (Å²) in [7, 11) is 1.63. The molecular formula is C21H32N2O3. The van der Waals surface area contributed by atoms with Crippen LogP contribution < -0.4 is 5.32 Å². The third-order valence-electron chi connectivity index (χ3n) is 5.85. The van der Waals surface area contributed by atoms with Crippen LogP contribution in [0.5, 0.6) is 0 Å². The fraction of sp³-hybridized carbons (Fsp3) is 0.667. The Balaban J connectivity index is 1.65. The Labute approximate surface area is 157 Å². The van der Waals surface area contributed by atoms with E-state index in [0.717, 1.165) is 19.6 Å². The molecule has 3 rings (SSSR count). The van der Waals surface area contributed by atoms with Gasteiger partial charge in [-0.25, -0.2) is 0 Å². The topological polar surface area (TPSA) is 50.8 Å². The summed E-state index contributed by atoms with van der Waals surface area (Å²) in [4.78, 5) is 15.0. The van der Waals surface area contributed by atoms with Crippen LogP contribution in [-0.2, 0) is 14.3 Å². The number of likely N-dealkylation sites (tertiary alicyclic amines) is 1. The van der Waals surface area contributed by atoms with Crippen molar-refractivity contribution in [2.45, 2.75) is 32.2 Å². The Hall–Kier alpha value is -1.43. The average molecular weight is 360 g/mol. The van der Waals surface area contributed by atoms with E-state index in [1.165, 1.54) is 17.5 Å². The van der Waals surface area contributed by atoms with Gasteiger partial charge in [-0.15, -0.1) is 0 Å². The summed E-state index contributed by atoms with van der Waals surface area (Å²) in [6, 6.07) is 8.69. The van der Waals surface area contributed by atoms with Crippen molar-refractivity contribution in [3.05, 3.63) is 35.4 Å². The summed E-state index contributed by atoms with van der Waals surface area (Å²) >= 11 is 0. The quantitative estimate of drug-likeness (QED) is 0.688. The van der Waals surface area contributed by atoms with Crippen molar-refractivity contribution >= 4 is 5.91 Å². The molecule has 0 aromatic heterocycles. The predicted octanol–water partition coefficient (Wildman–Crippen LogP) is 2.58. The summed E-state index contributed by atoms with van der Waals surface area (Å²) in [6.45, 7) is 8.92. The van der Waals surface area contributed by atoms with Gasteiger partial charge < -0.3 is 19.7 Å². The number of fused-ring (bicyclic) bond motifs is 3. The van der Waals surface area contributed by atoms with E-state index < -0.39 is 0 Å². The zero-order chi connectivity index (χ0) is 18.5. The maximum Gasteiger partial charge on any atom is 0.246 e. The molecule has 144 valence electrons. The Morgan fingerprint density at radius 1 is 1.27 bits per heavy atom. The fourth-order valence-corrected chi connectivity index (χ4v) is 4.37. The second kappa shape index (κ2) is 8.98. The summed E-state index contributed by atoms with van der Waals surface area (Å²) in [5, 5.41) is 3.24. The van der Waals surface area contributed by atoms with Crippen LogP contribution in [0.25, 0.3) is 0 Å². The van der Waals surface area contributed by atoms with Crippen molar-refractivity contribution in [2.24, 2.45) is 11.8 Å². The number of hydrogen-bond acceptors (Lipinski definition) is 4. The first-order valence-electron chi connectivity index (χ1n) is 9.81. The first-order chi connectivity index (χ1) is 12.6. The third kappa shape index (κ3) is 4.27. The van der Waals surface area contributed by atoms with Crippen LogP contribution in [0.4, 0.5) is 0 Å². The molecule has 0 radical (unpaired) electrons. The zero-order valence-electron chi connectivity index (χ0n) is 16.2. The molecule has 1 aromatic rings. The molecule has 0 saturated carbocycles. The van der Waals surface area contributed by atoms with E-state index >= 15 is 0 Å². The smallest absolute Gasteiger partial charge is 0.246 e. The number of carbonyl (C=O) groups is 1. The minimum atomic E-state index is -0.0399. The van der Waals surface area contributed by atoms with E-state index in [4.69, 9.17) is 9.47 Å². The van der Waals surface area contributed by atoms with E-state index in [9.17, 15) is 4.79 Å². The highest BCUT2D eigenvalue weighted by molar-refractivity contribution is 5.78. The number of rotatable bonds is 9. The molecule has 4 atom stereocenters. The van der Waals surface area contributed by atoms with Gasteiger partial charge in [-0.2, -0.15) is 0 Å². The maximum absolute atomic E-state index is 12.4. The lowest BCUT2D eigenvalue weighted by Crippen LogP contribution is -2.36. The SMILES string of the molecule is CC[C@H](C)CN1C[C@@H]2[C@H](NC(=O)COCCOC)c3ccccc3[C@@H]2C1. The van der Waals surface area contributed by atoms with Gasteiger partial charge in [0.2, 0.25) is 5.91 Å². The van der Waals surface area contributed by atoms with Gasteiger partial charge in [0.25, 0.3) is 0 Å². The van der Waals surface area contributed by atoms with Crippen molar-refractivity contribution in [3.8, 4) is 0 Å². The molecule has 1 aliphatic heterocycles. The van der Waals surface area contributed by atoms with Crippen LogP contribution in [0.3, 0.4) is 0 Å². The second-order valence-electron chi connectivity index (χ2n) is 7.72. The van der Waals surface area contributed by atoms with Gasteiger partial charge in [0.15, 0.2) is 0 Å². The summed E-state index contributed by atoms with van der Waals surface area (Å²) in [5.41, 5.74) is 2.70. The molecule has 1 saturated heterocycles. The molecular weight excluding hydrogens is 328 g/mol. The highest BCUT2D eigenvalue weighted by Crippen LogP contribution is 2.49. The standard InChI is InChI=1S/C21H32N2O3/c1-4-15(2)11-23-12-18-16-7-5-6-8-17(16)21(19(18)13-23)22-20(24)14-26-10-9-25-3/h5-8,15,18-19,21H,4,9-14H2,1-3H3,(H,22,24)/t15-,18-,19-,21+/m0/s1. The van der Waals surface area contributed by atoms with Gasteiger partial charge in [-0.1, -0.05) is 44.5 Å². The van der Waals surface area contributed by atoms with E-state index in [1.807, 2.05) is 0 Å². The molecule has 5 heteroatoms. The lowest BCUT2D eigenvalue weighted by molar-refractivity contribution is -0.127. The largest absolute Gasteiger partial charge is 0.382 e. The number of nitrogens with one attached hydrogen (secondary N) is 1. The Kier molecular flexibility index (Phi) is 6.68. The van der Waals surface area contributed by atoms with Crippen LogP contribution in [0.2, 0.25) is 0 Å². The number of methoxy groups -OCH3 is 1. The van der Waals surface area contributed by atoms with Crippen molar-refractivity contribution in [1.82, 2.24) is 10.2 Å². The molecule has 0 spiro atoms. The van der Waals surface area contributed by atoms with Crippen LogP contribution >= 0.6 is 0 Å². The zero-order valence-corrected chi connectivity index (χ0v) is 16.2. The van der Waals surface area contributed by atoms with E-state index in [2.05, 4.69) is 48.3 Å². The Morgan fingerprint density at radius 2 is 2.04 bits per heavy atom. The lowest BCUT2D eigenvalue weighted by Gasteiger charge is -2.24. The van der Waals surface area contributed by atoms with Gasteiger partial charge in [0.1, 0.15) is 6.61 Å². The Bertz CT molecular complexity index is 607.